The van der Waals surface area contributed by atoms with E-state index in [9.17, 15) is 14.7 Å². The molecule has 3 unspecified atom stereocenters. The number of rotatable bonds is 10. The largest absolute Gasteiger partial charge is 0.466 e. The van der Waals surface area contributed by atoms with Crippen LogP contribution >= 0.6 is 11.6 Å². The van der Waals surface area contributed by atoms with Crippen LogP contribution in [-0.2, 0) is 26.2 Å². The third kappa shape index (κ3) is 7.85. The Morgan fingerprint density at radius 1 is 1.29 bits per heavy atom. The second-order valence-corrected chi connectivity index (χ2v) is 10.7. The highest BCUT2D eigenvalue weighted by molar-refractivity contribution is 6.31. The number of ether oxygens (including phenoxy) is 2. The Bertz CT molecular complexity index is 826. The van der Waals surface area contributed by atoms with E-state index in [0.717, 1.165) is 30.4 Å². The SMILES string of the molecule is CCOC(=O)CCNC(=O)NC1(c2ccc(CCC(C)(C)C)c(Cl)c2)CCC(OC)CC1CO. The molecule has 1 saturated carbocycles. The van der Waals surface area contributed by atoms with Crippen molar-refractivity contribution in [2.75, 3.05) is 26.9 Å². The average Bonchev–Trinajstić information content (AvgIpc) is 2.78. The molecule has 34 heavy (non-hydrogen) atoms. The maximum absolute atomic E-state index is 12.9. The Balaban J connectivity index is 2.27. The number of carbonyl (C=O) groups excluding carboxylic acids is 2. The summed E-state index contributed by atoms with van der Waals surface area (Å²) >= 11 is 6.70. The maximum atomic E-state index is 12.9. The zero-order valence-electron chi connectivity index (χ0n) is 21.2. The lowest BCUT2D eigenvalue weighted by atomic mass is 9.68. The van der Waals surface area contributed by atoms with Crippen molar-refractivity contribution in [2.24, 2.45) is 11.3 Å². The van der Waals surface area contributed by atoms with Crippen molar-refractivity contribution in [3.05, 3.63) is 34.3 Å². The van der Waals surface area contributed by atoms with Crippen molar-refractivity contribution in [3.63, 3.8) is 0 Å². The quantitative estimate of drug-likeness (QED) is 0.412. The number of nitrogens with one attached hydrogen (secondary N) is 2. The van der Waals surface area contributed by atoms with Gasteiger partial charge >= 0.3 is 12.0 Å². The van der Waals surface area contributed by atoms with Crippen molar-refractivity contribution in [2.45, 2.75) is 77.9 Å². The number of benzene rings is 1. The van der Waals surface area contributed by atoms with Gasteiger partial charge in [0.1, 0.15) is 0 Å². The van der Waals surface area contributed by atoms with E-state index in [1.54, 1.807) is 14.0 Å². The zero-order valence-corrected chi connectivity index (χ0v) is 22.0. The first kappa shape index (κ1) is 28.4. The third-order valence-corrected chi connectivity index (χ3v) is 6.98. The highest BCUT2D eigenvalue weighted by Crippen LogP contribution is 2.43. The molecule has 0 aliphatic heterocycles. The molecule has 0 aromatic heterocycles. The van der Waals surface area contributed by atoms with E-state index in [2.05, 4.69) is 31.4 Å². The number of methoxy groups -OCH3 is 1. The number of hydrogen-bond donors (Lipinski definition) is 3. The molecule has 2 rings (SSSR count). The van der Waals surface area contributed by atoms with E-state index in [1.807, 2.05) is 18.2 Å². The molecule has 0 saturated heterocycles. The molecule has 0 spiro atoms. The van der Waals surface area contributed by atoms with Crippen LogP contribution in [0, 0.1) is 11.3 Å². The van der Waals surface area contributed by atoms with Gasteiger partial charge in [0.25, 0.3) is 0 Å². The first-order chi connectivity index (χ1) is 16.0. The Morgan fingerprint density at radius 3 is 2.62 bits per heavy atom. The molecule has 1 fully saturated rings. The molecule has 1 aromatic carbocycles. The molecular formula is C26H41ClN2O5. The molecule has 3 N–H and O–H groups in total. The van der Waals surface area contributed by atoms with Crippen molar-refractivity contribution in [3.8, 4) is 0 Å². The molecule has 1 aliphatic carbocycles. The highest BCUT2D eigenvalue weighted by Gasteiger charge is 2.46. The van der Waals surface area contributed by atoms with Crippen LogP contribution in [0.4, 0.5) is 4.79 Å². The normalized spacial score (nSPS) is 22.8. The lowest BCUT2D eigenvalue weighted by Gasteiger charge is -2.46. The number of amides is 2. The van der Waals surface area contributed by atoms with Crippen molar-refractivity contribution in [1.29, 1.82) is 0 Å². The Kier molecular flexibility index (Phi) is 10.7. The Hall–Kier alpha value is -1.83. The van der Waals surface area contributed by atoms with Gasteiger partial charge in [0, 0.05) is 31.2 Å². The lowest BCUT2D eigenvalue weighted by Crippen LogP contribution is -2.58. The molecule has 2 amide bonds. The van der Waals surface area contributed by atoms with E-state index < -0.39 is 11.6 Å². The molecule has 0 heterocycles. The molecular weight excluding hydrogens is 456 g/mol. The van der Waals surface area contributed by atoms with Crippen molar-refractivity contribution in [1.82, 2.24) is 10.6 Å². The standard InChI is InChI=1S/C26H41ClN2O5/c1-6-34-23(31)11-14-28-24(32)29-26(13-10-21(33-5)15-20(26)17-30)19-8-7-18(22(27)16-19)9-12-25(2,3)4/h7-8,16,20-21,30H,6,9-15,17H2,1-5H3,(H2,28,29,32). The molecule has 7 nitrogen and oxygen atoms in total. The summed E-state index contributed by atoms with van der Waals surface area (Å²) < 4.78 is 10.5. The van der Waals surface area contributed by atoms with Gasteiger partial charge in [-0.3, -0.25) is 4.79 Å². The van der Waals surface area contributed by atoms with Gasteiger partial charge in [-0.2, -0.15) is 0 Å². The monoisotopic (exact) mass is 496 g/mol. The number of aliphatic hydroxyl groups is 1. The smallest absolute Gasteiger partial charge is 0.315 e. The lowest BCUT2D eigenvalue weighted by molar-refractivity contribution is -0.142. The summed E-state index contributed by atoms with van der Waals surface area (Å²) in [7, 11) is 1.67. The van der Waals surface area contributed by atoms with Crippen LogP contribution in [0.25, 0.3) is 0 Å². The number of aliphatic hydroxyl groups excluding tert-OH is 1. The van der Waals surface area contributed by atoms with E-state index in [0.29, 0.717) is 24.5 Å². The third-order valence-electron chi connectivity index (χ3n) is 6.63. The summed E-state index contributed by atoms with van der Waals surface area (Å²) in [5, 5.41) is 16.8. The van der Waals surface area contributed by atoms with Crippen LogP contribution in [0.5, 0.6) is 0 Å². The van der Waals surface area contributed by atoms with Crippen LogP contribution in [0.1, 0.15) is 70.9 Å². The van der Waals surface area contributed by atoms with E-state index in [1.165, 1.54) is 0 Å². The fraction of sp³-hybridized carbons (Fsp3) is 0.692. The van der Waals surface area contributed by atoms with Gasteiger partial charge in [-0.15, -0.1) is 0 Å². The summed E-state index contributed by atoms with van der Waals surface area (Å²) in [4.78, 5) is 24.5. The summed E-state index contributed by atoms with van der Waals surface area (Å²) in [5.74, 6) is -0.609. The van der Waals surface area contributed by atoms with Gasteiger partial charge in [-0.1, -0.05) is 44.5 Å². The number of urea groups is 1. The minimum Gasteiger partial charge on any atom is -0.466 e. The van der Waals surface area contributed by atoms with E-state index in [4.69, 9.17) is 21.1 Å². The van der Waals surface area contributed by atoms with Crippen molar-refractivity contribution >= 4 is 23.6 Å². The second kappa shape index (κ2) is 12.8. The van der Waals surface area contributed by atoms with Crippen LogP contribution in [-0.4, -0.2) is 50.1 Å². The number of halogens is 1. The number of hydrogen-bond acceptors (Lipinski definition) is 5. The predicted molar refractivity (Wildman–Crippen MR) is 134 cm³/mol. The van der Waals surface area contributed by atoms with E-state index in [-0.39, 0.29) is 43.0 Å². The predicted octanol–water partition coefficient (Wildman–Crippen LogP) is 4.57. The van der Waals surface area contributed by atoms with Gasteiger partial charge in [-0.25, -0.2) is 4.79 Å². The molecule has 1 aromatic rings. The summed E-state index contributed by atoms with van der Waals surface area (Å²) in [6.45, 7) is 8.72. The number of carbonyl (C=O) groups is 2. The van der Waals surface area contributed by atoms with Gasteiger partial charge in [0.15, 0.2) is 0 Å². The summed E-state index contributed by atoms with van der Waals surface area (Å²) in [6.07, 6.45) is 3.93. The average molecular weight is 497 g/mol. The topological polar surface area (TPSA) is 96.9 Å². The fourth-order valence-corrected chi connectivity index (χ4v) is 4.86. The highest BCUT2D eigenvalue weighted by atomic mass is 35.5. The molecule has 0 bridgehead atoms. The molecule has 1 aliphatic rings. The Morgan fingerprint density at radius 2 is 2.03 bits per heavy atom. The minimum absolute atomic E-state index is 0.0143. The molecule has 192 valence electrons. The zero-order chi connectivity index (χ0) is 25.4. The van der Waals surface area contributed by atoms with E-state index >= 15 is 0 Å². The fourth-order valence-electron chi connectivity index (χ4n) is 4.59. The van der Waals surface area contributed by atoms with Gasteiger partial charge in [0.2, 0.25) is 0 Å². The van der Waals surface area contributed by atoms with Crippen LogP contribution in [0.3, 0.4) is 0 Å². The van der Waals surface area contributed by atoms with Crippen LogP contribution < -0.4 is 10.6 Å². The molecule has 8 heteroatoms. The first-order valence-electron chi connectivity index (χ1n) is 12.2. The van der Waals surface area contributed by atoms with Crippen LogP contribution in [0.2, 0.25) is 5.02 Å². The van der Waals surface area contributed by atoms with Gasteiger partial charge in [-0.05, 0) is 61.6 Å². The van der Waals surface area contributed by atoms with Crippen molar-refractivity contribution < 1.29 is 24.2 Å². The number of esters is 1. The molecule has 3 atom stereocenters. The summed E-state index contributed by atoms with van der Waals surface area (Å²) in [6, 6.07) is 5.57. The Labute approximate surface area is 208 Å². The van der Waals surface area contributed by atoms with Crippen LogP contribution in [0.15, 0.2) is 18.2 Å². The van der Waals surface area contributed by atoms with Gasteiger partial charge < -0.3 is 25.2 Å². The molecule has 0 radical (unpaired) electrons. The minimum atomic E-state index is -0.802. The number of aryl methyl sites for hydroxylation is 1. The van der Waals surface area contributed by atoms with Gasteiger partial charge in [0.05, 0.1) is 24.7 Å². The summed E-state index contributed by atoms with van der Waals surface area (Å²) in [5.41, 5.74) is 1.34. The first-order valence-corrected chi connectivity index (χ1v) is 12.6. The second-order valence-electron chi connectivity index (χ2n) is 10.3. The maximum Gasteiger partial charge on any atom is 0.315 e.